The maximum atomic E-state index is 11.7. The third-order valence-electron chi connectivity index (χ3n) is 4.02. The molecule has 98 valence electrons. The average Bonchev–Trinajstić information content (AvgIpc) is 3.10. The van der Waals surface area contributed by atoms with Crippen LogP contribution in [0.15, 0.2) is 10.9 Å². The first-order chi connectivity index (χ1) is 8.76. The van der Waals surface area contributed by atoms with Gasteiger partial charge in [0, 0.05) is 25.1 Å². The number of nitrogens with zero attached hydrogens (tertiary/aromatic N) is 2. The van der Waals surface area contributed by atoms with Gasteiger partial charge in [-0.1, -0.05) is 13.3 Å². The first-order valence-corrected chi connectivity index (χ1v) is 7.12. The molecular formula is C14H21N3O. The summed E-state index contributed by atoms with van der Waals surface area (Å²) in [5, 5.41) is 0. The van der Waals surface area contributed by atoms with E-state index in [-0.39, 0.29) is 5.56 Å². The van der Waals surface area contributed by atoms with Gasteiger partial charge >= 0.3 is 0 Å². The molecule has 3 rings (SSSR count). The second-order valence-corrected chi connectivity index (χ2v) is 5.65. The Morgan fingerprint density at radius 1 is 1.44 bits per heavy atom. The topological polar surface area (TPSA) is 49.0 Å². The normalized spacial score (nSPS) is 23.6. The van der Waals surface area contributed by atoms with E-state index in [1.54, 1.807) is 6.07 Å². The van der Waals surface area contributed by atoms with Gasteiger partial charge in [0.05, 0.1) is 0 Å². The average molecular weight is 247 g/mol. The number of nitrogens with one attached hydrogen (secondary N) is 1. The van der Waals surface area contributed by atoms with Gasteiger partial charge < -0.3 is 9.88 Å². The van der Waals surface area contributed by atoms with E-state index in [1.807, 2.05) is 0 Å². The van der Waals surface area contributed by atoms with Crippen LogP contribution in [0, 0.1) is 5.92 Å². The van der Waals surface area contributed by atoms with Gasteiger partial charge in [-0.05, 0) is 31.6 Å². The summed E-state index contributed by atoms with van der Waals surface area (Å²) in [5.74, 6) is 3.07. The Morgan fingerprint density at radius 2 is 2.28 bits per heavy atom. The second kappa shape index (κ2) is 4.75. The molecule has 0 bridgehead atoms. The highest BCUT2D eigenvalue weighted by molar-refractivity contribution is 5.39. The summed E-state index contributed by atoms with van der Waals surface area (Å²) >= 11 is 0. The molecule has 1 atom stereocenters. The highest BCUT2D eigenvalue weighted by Gasteiger charge is 2.28. The van der Waals surface area contributed by atoms with Crippen LogP contribution in [0.2, 0.25) is 0 Å². The highest BCUT2D eigenvalue weighted by Crippen LogP contribution is 2.38. The lowest BCUT2D eigenvalue weighted by Crippen LogP contribution is -2.24. The van der Waals surface area contributed by atoms with E-state index in [2.05, 4.69) is 21.8 Å². The number of hydrogen-bond acceptors (Lipinski definition) is 3. The van der Waals surface area contributed by atoms with Crippen LogP contribution in [0.5, 0.6) is 0 Å². The van der Waals surface area contributed by atoms with E-state index in [1.165, 1.54) is 32.1 Å². The van der Waals surface area contributed by atoms with Crippen molar-refractivity contribution >= 4 is 5.82 Å². The molecule has 1 saturated carbocycles. The summed E-state index contributed by atoms with van der Waals surface area (Å²) in [7, 11) is 0. The molecule has 1 aliphatic carbocycles. The van der Waals surface area contributed by atoms with Crippen molar-refractivity contribution in [1.29, 1.82) is 0 Å². The number of aromatic amines is 1. The Balaban J connectivity index is 1.77. The third kappa shape index (κ3) is 2.42. The molecule has 1 saturated heterocycles. The molecule has 1 aliphatic heterocycles. The van der Waals surface area contributed by atoms with Crippen LogP contribution in [0.1, 0.15) is 50.8 Å². The van der Waals surface area contributed by atoms with E-state index in [9.17, 15) is 4.79 Å². The Bertz CT molecular complexity index is 478. The number of H-pyrrole nitrogens is 1. The zero-order valence-corrected chi connectivity index (χ0v) is 11.0. The fraction of sp³-hybridized carbons (Fsp3) is 0.714. The van der Waals surface area contributed by atoms with Crippen molar-refractivity contribution in [3.63, 3.8) is 0 Å². The Labute approximate surface area is 107 Å². The highest BCUT2D eigenvalue weighted by atomic mass is 16.1. The lowest BCUT2D eigenvalue weighted by atomic mass is 10.0. The Kier molecular flexibility index (Phi) is 3.10. The standard InChI is InChI=1S/C14H21N3O/c1-2-3-10-6-7-17(9-10)12-8-13(18)16-14(15-12)11-4-5-11/h8,10-11H,2-7,9H2,1H3,(H,15,16,18). The first-order valence-electron chi connectivity index (χ1n) is 7.12. The molecule has 1 unspecified atom stereocenters. The smallest absolute Gasteiger partial charge is 0.252 e. The van der Waals surface area contributed by atoms with Gasteiger partial charge in [0.25, 0.3) is 5.56 Å². The van der Waals surface area contributed by atoms with Gasteiger partial charge in [0.2, 0.25) is 0 Å². The fourth-order valence-corrected chi connectivity index (χ4v) is 2.86. The molecule has 4 nitrogen and oxygen atoms in total. The molecule has 0 spiro atoms. The lowest BCUT2D eigenvalue weighted by molar-refractivity contribution is 0.529. The summed E-state index contributed by atoms with van der Waals surface area (Å²) in [5.41, 5.74) is 0.000779. The summed E-state index contributed by atoms with van der Waals surface area (Å²) < 4.78 is 0. The van der Waals surface area contributed by atoms with Crippen molar-refractivity contribution in [2.24, 2.45) is 5.92 Å². The van der Waals surface area contributed by atoms with E-state index in [4.69, 9.17) is 0 Å². The van der Waals surface area contributed by atoms with Gasteiger partial charge in [-0.25, -0.2) is 4.98 Å². The quantitative estimate of drug-likeness (QED) is 0.888. The van der Waals surface area contributed by atoms with E-state index in [0.29, 0.717) is 5.92 Å². The molecule has 2 aliphatic rings. The minimum Gasteiger partial charge on any atom is -0.356 e. The molecule has 4 heteroatoms. The van der Waals surface area contributed by atoms with Crippen molar-refractivity contribution in [3.8, 4) is 0 Å². The SMILES string of the molecule is CCCC1CCN(c2cc(=O)[nH]c(C3CC3)n2)C1. The largest absolute Gasteiger partial charge is 0.356 e. The molecule has 2 fully saturated rings. The van der Waals surface area contributed by atoms with Gasteiger partial charge in [-0.3, -0.25) is 4.79 Å². The minimum absolute atomic E-state index is 0.000779. The van der Waals surface area contributed by atoms with Crippen molar-refractivity contribution < 1.29 is 0 Å². The lowest BCUT2D eigenvalue weighted by Gasteiger charge is -2.17. The summed E-state index contributed by atoms with van der Waals surface area (Å²) in [6.45, 7) is 4.35. The zero-order chi connectivity index (χ0) is 12.5. The predicted octanol–water partition coefficient (Wildman–Crippen LogP) is 2.27. The van der Waals surface area contributed by atoms with Crippen LogP contribution in [-0.4, -0.2) is 23.1 Å². The number of rotatable bonds is 4. The van der Waals surface area contributed by atoms with Crippen molar-refractivity contribution in [2.45, 2.75) is 44.9 Å². The van der Waals surface area contributed by atoms with E-state index in [0.717, 1.165) is 30.6 Å². The fourth-order valence-electron chi connectivity index (χ4n) is 2.86. The molecule has 1 aromatic rings. The maximum absolute atomic E-state index is 11.7. The monoisotopic (exact) mass is 247 g/mol. The van der Waals surface area contributed by atoms with Crippen molar-refractivity contribution in [3.05, 3.63) is 22.2 Å². The van der Waals surface area contributed by atoms with Crippen LogP contribution < -0.4 is 10.5 Å². The second-order valence-electron chi connectivity index (χ2n) is 5.65. The zero-order valence-electron chi connectivity index (χ0n) is 11.0. The molecule has 0 amide bonds. The van der Waals surface area contributed by atoms with Crippen LogP contribution >= 0.6 is 0 Å². The first kappa shape index (κ1) is 11.8. The van der Waals surface area contributed by atoms with Crippen molar-refractivity contribution in [2.75, 3.05) is 18.0 Å². The molecule has 1 aromatic heterocycles. The number of aromatic nitrogens is 2. The van der Waals surface area contributed by atoms with Crippen LogP contribution in [0.3, 0.4) is 0 Å². The molecule has 0 radical (unpaired) electrons. The summed E-state index contributed by atoms with van der Waals surface area (Å²) in [4.78, 5) is 21.5. The predicted molar refractivity (Wildman–Crippen MR) is 72.1 cm³/mol. The maximum Gasteiger partial charge on any atom is 0.252 e. The van der Waals surface area contributed by atoms with Gasteiger partial charge in [-0.15, -0.1) is 0 Å². The van der Waals surface area contributed by atoms with Crippen LogP contribution in [0.4, 0.5) is 5.82 Å². The molecule has 2 heterocycles. The molecule has 18 heavy (non-hydrogen) atoms. The summed E-state index contributed by atoms with van der Waals surface area (Å²) in [6, 6.07) is 1.65. The molecule has 1 N–H and O–H groups in total. The van der Waals surface area contributed by atoms with Crippen LogP contribution in [-0.2, 0) is 0 Å². The third-order valence-corrected chi connectivity index (χ3v) is 4.02. The van der Waals surface area contributed by atoms with Gasteiger partial charge in [0.15, 0.2) is 0 Å². The molecule has 0 aromatic carbocycles. The minimum atomic E-state index is 0.000779. The number of hydrogen-bond donors (Lipinski definition) is 1. The molecular weight excluding hydrogens is 226 g/mol. The Hall–Kier alpha value is -1.32. The van der Waals surface area contributed by atoms with Crippen molar-refractivity contribution in [1.82, 2.24) is 9.97 Å². The Morgan fingerprint density at radius 3 is 3.00 bits per heavy atom. The van der Waals surface area contributed by atoms with E-state index < -0.39 is 0 Å². The van der Waals surface area contributed by atoms with Gasteiger partial charge in [-0.2, -0.15) is 0 Å². The van der Waals surface area contributed by atoms with Crippen LogP contribution in [0.25, 0.3) is 0 Å². The van der Waals surface area contributed by atoms with Gasteiger partial charge in [0.1, 0.15) is 11.6 Å². The van der Waals surface area contributed by atoms with E-state index >= 15 is 0 Å². The summed E-state index contributed by atoms with van der Waals surface area (Å²) in [6.07, 6.45) is 6.11. The number of anilines is 1.